The quantitative estimate of drug-likeness (QED) is 0.398. The third kappa shape index (κ3) is 5.43. The van der Waals surface area contributed by atoms with E-state index in [-0.39, 0.29) is 5.91 Å². The number of hydrogen-bond acceptors (Lipinski definition) is 8. The van der Waals surface area contributed by atoms with E-state index in [0.717, 1.165) is 21.3 Å². The Morgan fingerprint density at radius 3 is 2.18 bits per heavy atom. The third-order valence-electron chi connectivity index (χ3n) is 5.29. The molecule has 0 N–H and O–H groups in total. The molecule has 0 bridgehead atoms. The molecule has 0 aliphatic rings. The summed E-state index contributed by atoms with van der Waals surface area (Å²) in [5.41, 5.74) is 2.60. The molecule has 0 unspecified atom stereocenters. The number of aromatic nitrogens is 1. The molecule has 9 heteroatoms. The zero-order chi connectivity index (χ0) is 24.8. The van der Waals surface area contributed by atoms with Gasteiger partial charge in [-0.3, -0.25) is 9.69 Å². The Hall–Kier alpha value is -3.30. The van der Waals surface area contributed by atoms with Crippen LogP contribution in [0, 0.1) is 6.92 Å². The number of likely N-dealkylation sites (N-methyl/N-ethyl adjacent to an activating group) is 1. The maximum Gasteiger partial charge on any atom is 0.252 e. The van der Waals surface area contributed by atoms with Gasteiger partial charge in [-0.1, -0.05) is 17.4 Å². The lowest BCUT2D eigenvalue weighted by Gasteiger charge is -2.20. The topological polar surface area (TPSA) is 73.4 Å². The van der Waals surface area contributed by atoms with Gasteiger partial charge >= 0.3 is 0 Å². The monoisotopic (exact) mass is 485 g/mol. The van der Waals surface area contributed by atoms with Crippen LogP contribution in [0.15, 0.2) is 30.3 Å². The van der Waals surface area contributed by atoms with Crippen molar-refractivity contribution < 1.29 is 23.7 Å². The normalized spacial score (nSPS) is 11.3. The Labute approximate surface area is 204 Å². The van der Waals surface area contributed by atoms with Crippen LogP contribution in [0.4, 0.5) is 5.13 Å². The summed E-state index contributed by atoms with van der Waals surface area (Å²) >= 11 is 1.49. The summed E-state index contributed by atoms with van der Waals surface area (Å²) in [4.78, 5) is 21.8. The molecule has 182 valence electrons. The van der Waals surface area contributed by atoms with Crippen molar-refractivity contribution in [3.8, 4) is 23.0 Å². The molecular weight excluding hydrogens is 454 g/mol. The summed E-state index contributed by atoms with van der Waals surface area (Å²) in [6.45, 7) is 3.21. The standard InChI is InChI=1S/C25H31N3O5S/c1-16-8-10-18(30-4)22-24(16)34-25(26-22)28(13-12-27(2)3)21(29)11-9-17-14-19(31-5)23(33-7)20(15-17)32-6/h8-11,14-15H,12-13H2,1-7H3. The smallest absolute Gasteiger partial charge is 0.252 e. The molecule has 34 heavy (non-hydrogen) atoms. The van der Waals surface area contributed by atoms with Gasteiger partial charge in [0.05, 0.1) is 33.1 Å². The number of rotatable bonds is 10. The van der Waals surface area contributed by atoms with Crippen molar-refractivity contribution in [2.24, 2.45) is 0 Å². The highest BCUT2D eigenvalue weighted by Crippen LogP contribution is 2.39. The van der Waals surface area contributed by atoms with Crippen molar-refractivity contribution >= 4 is 38.7 Å². The minimum atomic E-state index is -0.175. The molecule has 2 aromatic carbocycles. The molecule has 0 spiro atoms. The molecule has 1 heterocycles. The summed E-state index contributed by atoms with van der Waals surface area (Å²) < 4.78 is 22.7. The van der Waals surface area contributed by atoms with E-state index in [4.69, 9.17) is 23.9 Å². The number of benzene rings is 2. The molecule has 0 atom stereocenters. The van der Waals surface area contributed by atoms with Crippen LogP contribution in [0.1, 0.15) is 11.1 Å². The van der Waals surface area contributed by atoms with E-state index in [9.17, 15) is 4.79 Å². The largest absolute Gasteiger partial charge is 0.494 e. The first-order valence-corrected chi connectivity index (χ1v) is 11.5. The van der Waals surface area contributed by atoms with Crippen molar-refractivity contribution in [2.75, 3.05) is 60.5 Å². The summed E-state index contributed by atoms with van der Waals surface area (Å²) in [6, 6.07) is 7.49. The minimum Gasteiger partial charge on any atom is -0.494 e. The van der Waals surface area contributed by atoms with Gasteiger partial charge in [0.25, 0.3) is 5.91 Å². The van der Waals surface area contributed by atoms with Gasteiger partial charge in [0.15, 0.2) is 16.6 Å². The molecule has 3 aromatic rings. The van der Waals surface area contributed by atoms with E-state index in [1.165, 1.54) is 17.4 Å². The summed E-state index contributed by atoms with van der Waals surface area (Å²) in [5, 5.41) is 0.629. The number of carbonyl (C=O) groups is 1. The molecule has 0 aliphatic carbocycles. The maximum atomic E-state index is 13.3. The number of nitrogens with zero attached hydrogens (tertiary/aromatic N) is 3. The highest BCUT2D eigenvalue weighted by atomic mass is 32.1. The van der Waals surface area contributed by atoms with Gasteiger partial charge in [0.1, 0.15) is 11.3 Å². The second-order valence-electron chi connectivity index (χ2n) is 7.84. The molecule has 3 rings (SSSR count). The fourth-order valence-corrected chi connectivity index (χ4v) is 4.52. The van der Waals surface area contributed by atoms with E-state index in [0.29, 0.717) is 41.2 Å². The number of aryl methyl sites for hydroxylation is 1. The number of thiazole rings is 1. The van der Waals surface area contributed by atoms with E-state index in [2.05, 4.69) is 0 Å². The highest BCUT2D eigenvalue weighted by molar-refractivity contribution is 7.22. The number of anilines is 1. The lowest BCUT2D eigenvalue weighted by atomic mass is 10.1. The van der Waals surface area contributed by atoms with Gasteiger partial charge in [0, 0.05) is 19.2 Å². The number of hydrogen-bond donors (Lipinski definition) is 0. The van der Waals surface area contributed by atoms with Crippen LogP contribution in [0.3, 0.4) is 0 Å². The van der Waals surface area contributed by atoms with Crippen LogP contribution in [0.25, 0.3) is 16.3 Å². The van der Waals surface area contributed by atoms with Gasteiger partial charge < -0.3 is 23.8 Å². The molecule has 1 amide bonds. The zero-order valence-electron chi connectivity index (χ0n) is 20.7. The Morgan fingerprint density at radius 1 is 0.971 bits per heavy atom. The lowest BCUT2D eigenvalue weighted by molar-refractivity contribution is -0.114. The fourth-order valence-electron chi connectivity index (χ4n) is 3.43. The van der Waals surface area contributed by atoms with Crippen LogP contribution in [-0.4, -0.2) is 71.4 Å². The van der Waals surface area contributed by atoms with Gasteiger partial charge in [-0.05, 0) is 56.4 Å². The maximum absolute atomic E-state index is 13.3. The second kappa shape index (κ2) is 11.2. The minimum absolute atomic E-state index is 0.175. The van der Waals surface area contributed by atoms with Crippen molar-refractivity contribution in [2.45, 2.75) is 6.92 Å². The van der Waals surface area contributed by atoms with Crippen LogP contribution in [0.2, 0.25) is 0 Å². The van der Waals surface area contributed by atoms with Gasteiger partial charge in [-0.15, -0.1) is 0 Å². The number of amides is 1. The first kappa shape index (κ1) is 25.3. The number of methoxy groups -OCH3 is 4. The average molecular weight is 486 g/mol. The molecule has 0 aliphatic heterocycles. The Morgan fingerprint density at radius 2 is 1.62 bits per heavy atom. The van der Waals surface area contributed by atoms with Gasteiger partial charge in [0.2, 0.25) is 5.75 Å². The molecular formula is C25H31N3O5S. The lowest BCUT2D eigenvalue weighted by Crippen LogP contribution is -2.35. The van der Waals surface area contributed by atoms with Gasteiger partial charge in [-0.2, -0.15) is 0 Å². The molecule has 0 saturated carbocycles. The number of carbonyl (C=O) groups excluding carboxylic acids is 1. The summed E-state index contributed by atoms with van der Waals surface area (Å²) in [7, 11) is 10.2. The van der Waals surface area contributed by atoms with E-state index in [1.807, 2.05) is 38.1 Å². The average Bonchev–Trinajstić information content (AvgIpc) is 3.28. The SMILES string of the molecule is COc1cc(C=CC(=O)N(CCN(C)C)c2nc3c(OC)ccc(C)c3s2)cc(OC)c1OC. The van der Waals surface area contributed by atoms with Crippen LogP contribution >= 0.6 is 11.3 Å². The van der Waals surface area contributed by atoms with Gasteiger partial charge in [-0.25, -0.2) is 4.98 Å². The van der Waals surface area contributed by atoms with E-state index in [1.54, 1.807) is 51.5 Å². The van der Waals surface area contributed by atoms with Crippen LogP contribution < -0.4 is 23.8 Å². The van der Waals surface area contributed by atoms with Crippen LogP contribution in [0.5, 0.6) is 23.0 Å². The molecule has 0 fully saturated rings. The Bertz CT molecular complexity index is 1160. The highest BCUT2D eigenvalue weighted by Gasteiger charge is 2.20. The predicted octanol–water partition coefficient (Wildman–Crippen LogP) is 4.25. The summed E-state index contributed by atoms with van der Waals surface area (Å²) in [6.07, 6.45) is 3.27. The van der Waals surface area contributed by atoms with Crippen LogP contribution in [-0.2, 0) is 4.79 Å². The number of fused-ring (bicyclic) bond motifs is 1. The first-order chi connectivity index (χ1) is 16.3. The summed E-state index contributed by atoms with van der Waals surface area (Å²) in [5.74, 6) is 2.06. The predicted molar refractivity (Wildman–Crippen MR) is 137 cm³/mol. The van der Waals surface area contributed by atoms with Crippen molar-refractivity contribution in [3.63, 3.8) is 0 Å². The third-order valence-corrected chi connectivity index (χ3v) is 6.50. The molecule has 1 aromatic heterocycles. The van der Waals surface area contributed by atoms with Crippen molar-refractivity contribution in [1.82, 2.24) is 9.88 Å². The first-order valence-electron chi connectivity index (χ1n) is 10.7. The zero-order valence-corrected chi connectivity index (χ0v) is 21.5. The fraction of sp³-hybridized carbons (Fsp3) is 0.360. The van der Waals surface area contributed by atoms with Crippen molar-refractivity contribution in [1.29, 1.82) is 0 Å². The molecule has 0 radical (unpaired) electrons. The Balaban J connectivity index is 1.97. The van der Waals surface area contributed by atoms with E-state index >= 15 is 0 Å². The van der Waals surface area contributed by atoms with Crippen molar-refractivity contribution in [3.05, 3.63) is 41.5 Å². The molecule has 8 nitrogen and oxygen atoms in total. The number of ether oxygens (including phenoxy) is 4. The Kier molecular flexibility index (Phi) is 8.36. The second-order valence-corrected chi connectivity index (χ2v) is 8.82. The van der Waals surface area contributed by atoms with E-state index < -0.39 is 0 Å². The molecule has 0 saturated heterocycles.